The summed E-state index contributed by atoms with van der Waals surface area (Å²) in [4.78, 5) is 0. The van der Waals surface area contributed by atoms with E-state index >= 15 is 0 Å². The van der Waals surface area contributed by atoms with Gasteiger partial charge in [0.25, 0.3) is 0 Å². The van der Waals surface area contributed by atoms with Gasteiger partial charge in [-0.25, -0.2) is 4.39 Å². The van der Waals surface area contributed by atoms with E-state index in [1.165, 1.54) is 12.1 Å². The highest BCUT2D eigenvalue weighted by molar-refractivity contribution is 5.22. The van der Waals surface area contributed by atoms with Gasteiger partial charge in [0.1, 0.15) is 11.6 Å². The number of ether oxygens (including phenoxy) is 1. The lowest BCUT2D eigenvalue weighted by Crippen LogP contribution is -1.95. The highest BCUT2D eigenvalue weighted by atomic mass is 19.1. The Bertz CT molecular complexity index is 288. The number of hydrogen-bond donors (Lipinski definition) is 0. The molecule has 0 atom stereocenters. The molecule has 0 fully saturated rings. The molecule has 12 heavy (non-hydrogen) atoms. The number of halogens is 1. The summed E-state index contributed by atoms with van der Waals surface area (Å²) in [5, 5.41) is 0. The molecule has 0 aromatic heterocycles. The summed E-state index contributed by atoms with van der Waals surface area (Å²) in [6.45, 7) is 0.431. The van der Waals surface area contributed by atoms with E-state index < -0.39 is 0 Å². The smallest absolute Gasteiger partial charge is 0.126 e. The van der Waals surface area contributed by atoms with Gasteiger partial charge in [0.05, 0.1) is 6.61 Å². The zero-order chi connectivity index (χ0) is 8.81. The maximum absolute atomic E-state index is 12.6. The molecule has 0 N–H and O–H groups in total. The van der Waals surface area contributed by atoms with Crippen molar-refractivity contribution < 1.29 is 9.13 Å². The Balaban J connectivity index is 2.48. The first-order chi connectivity index (χ1) is 5.83. The van der Waals surface area contributed by atoms with E-state index in [9.17, 15) is 4.39 Å². The summed E-state index contributed by atoms with van der Waals surface area (Å²) in [7, 11) is 0. The largest absolute Gasteiger partial charge is 0.492 e. The quantitative estimate of drug-likeness (QED) is 0.491. The second-order valence-corrected chi connectivity index (χ2v) is 2.26. The molecule has 0 heterocycles. The van der Waals surface area contributed by atoms with E-state index in [4.69, 9.17) is 11.2 Å². The zero-order valence-corrected chi connectivity index (χ0v) is 6.59. The zero-order valence-electron chi connectivity index (χ0n) is 6.59. The van der Waals surface area contributed by atoms with Gasteiger partial charge in [-0.3, -0.25) is 0 Å². The van der Waals surface area contributed by atoms with Crippen molar-refractivity contribution >= 4 is 0 Å². The lowest BCUT2D eigenvalue weighted by atomic mass is 10.3. The predicted octanol–water partition coefficient (Wildman–Crippen LogP) is 2.23. The van der Waals surface area contributed by atoms with Crippen LogP contribution in [0.15, 0.2) is 24.3 Å². The molecule has 0 bridgehead atoms. The van der Waals surface area contributed by atoms with E-state index in [0.717, 1.165) is 0 Å². The summed E-state index contributed by atoms with van der Waals surface area (Å²) in [6.07, 6.45) is 5.56. The Hall–Kier alpha value is -1.49. The molecule has 0 saturated carbocycles. The molecule has 0 amide bonds. The van der Waals surface area contributed by atoms with Crippen LogP contribution in [0.2, 0.25) is 0 Å². The van der Waals surface area contributed by atoms with E-state index in [-0.39, 0.29) is 5.82 Å². The van der Waals surface area contributed by atoms with Crippen molar-refractivity contribution in [1.29, 1.82) is 0 Å². The van der Waals surface area contributed by atoms with E-state index in [1.54, 1.807) is 12.1 Å². The number of benzene rings is 1. The van der Waals surface area contributed by atoms with Crippen molar-refractivity contribution in [1.82, 2.24) is 0 Å². The summed E-state index contributed by atoms with van der Waals surface area (Å²) in [5.41, 5.74) is 0. The molecule has 1 rings (SSSR count). The third-order valence-electron chi connectivity index (χ3n) is 1.31. The Morgan fingerprint density at radius 1 is 1.50 bits per heavy atom. The van der Waals surface area contributed by atoms with Gasteiger partial charge in [0, 0.05) is 12.5 Å². The fraction of sp³-hybridized carbons (Fsp3) is 0.200. The summed E-state index contributed by atoms with van der Waals surface area (Å²) in [5.74, 6) is 2.65. The number of terminal acetylenes is 1. The van der Waals surface area contributed by atoms with Gasteiger partial charge in [-0.05, 0) is 12.1 Å². The lowest BCUT2D eigenvalue weighted by molar-refractivity contribution is 0.325. The molecule has 0 aliphatic rings. The highest BCUT2D eigenvalue weighted by Gasteiger charge is 1.93. The van der Waals surface area contributed by atoms with Gasteiger partial charge in [-0.2, -0.15) is 0 Å². The summed E-state index contributed by atoms with van der Waals surface area (Å²) in [6, 6.07) is 5.99. The number of rotatable bonds is 3. The summed E-state index contributed by atoms with van der Waals surface area (Å²) >= 11 is 0. The van der Waals surface area contributed by atoms with Crippen LogP contribution < -0.4 is 4.74 Å². The average Bonchev–Trinajstić information content (AvgIpc) is 2.05. The van der Waals surface area contributed by atoms with Gasteiger partial charge in [-0.1, -0.05) is 6.07 Å². The molecule has 0 aliphatic carbocycles. The van der Waals surface area contributed by atoms with Crippen molar-refractivity contribution in [3.05, 3.63) is 30.1 Å². The van der Waals surface area contributed by atoms with Gasteiger partial charge < -0.3 is 4.74 Å². The third kappa shape index (κ3) is 2.63. The van der Waals surface area contributed by atoms with Crippen molar-refractivity contribution in [2.45, 2.75) is 6.42 Å². The topological polar surface area (TPSA) is 9.23 Å². The number of hydrogen-bond acceptors (Lipinski definition) is 1. The minimum absolute atomic E-state index is 0.298. The Morgan fingerprint density at radius 3 is 3.00 bits per heavy atom. The van der Waals surface area contributed by atoms with Crippen LogP contribution in [0.4, 0.5) is 4.39 Å². The van der Waals surface area contributed by atoms with Gasteiger partial charge in [0.15, 0.2) is 0 Å². The van der Waals surface area contributed by atoms with Crippen LogP contribution in [-0.4, -0.2) is 6.61 Å². The maximum Gasteiger partial charge on any atom is 0.126 e. The van der Waals surface area contributed by atoms with Crippen LogP contribution in [-0.2, 0) is 0 Å². The molecule has 0 radical (unpaired) electrons. The van der Waals surface area contributed by atoms with Crippen LogP contribution in [0.1, 0.15) is 6.42 Å². The molecule has 1 aromatic rings. The van der Waals surface area contributed by atoms with Crippen LogP contribution in [0, 0.1) is 18.2 Å². The fourth-order valence-electron chi connectivity index (χ4n) is 0.785. The minimum Gasteiger partial charge on any atom is -0.492 e. The Morgan fingerprint density at radius 2 is 2.33 bits per heavy atom. The third-order valence-corrected chi connectivity index (χ3v) is 1.31. The Labute approximate surface area is 71.2 Å². The molecule has 1 aromatic carbocycles. The minimum atomic E-state index is -0.298. The predicted molar refractivity (Wildman–Crippen MR) is 45.3 cm³/mol. The first-order valence-electron chi connectivity index (χ1n) is 3.65. The maximum atomic E-state index is 12.6. The summed E-state index contributed by atoms with van der Waals surface area (Å²) < 4.78 is 17.7. The SMILES string of the molecule is C#CCCOc1cccc(F)c1. The van der Waals surface area contributed by atoms with Crippen LogP contribution in [0.25, 0.3) is 0 Å². The fourth-order valence-corrected chi connectivity index (χ4v) is 0.785. The van der Waals surface area contributed by atoms with Crippen molar-refractivity contribution in [3.8, 4) is 18.1 Å². The molecule has 1 nitrogen and oxygen atoms in total. The lowest BCUT2D eigenvalue weighted by Gasteiger charge is -2.02. The first-order valence-corrected chi connectivity index (χ1v) is 3.65. The van der Waals surface area contributed by atoms with Crippen molar-refractivity contribution in [2.75, 3.05) is 6.61 Å². The molecule has 0 unspecified atom stereocenters. The highest BCUT2D eigenvalue weighted by Crippen LogP contribution is 2.11. The molecule has 2 heteroatoms. The molecular formula is C10H9FO. The molecule has 62 valence electrons. The first kappa shape index (κ1) is 8.61. The molecule has 0 spiro atoms. The standard InChI is InChI=1S/C10H9FO/c1-2-3-7-12-10-6-4-5-9(11)8-10/h1,4-6,8H,3,7H2. The molecule has 0 aliphatic heterocycles. The van der Waals surface area contributed by atoms with Gasteiger partial charge in [-0.15, -0.1) is 12.3 Å². The van der Waals surface area contributed by atoms with Crippen molar-refractivity contribution in [3.63, 3.8) is 0 Å². The van der Waals surface area contributed by atoms with Crippen LogP contribution in [0.5, 0.6) is 5.75 Å². The average molecular weight is 164 g/mol. The van der Waals surface area contributed by atoms with Crippen LogP contribution >= 0.6 is 0 Å². The van der Waals surface area contributed by atoms with Gasteiger partial charge >= 0.3 is 0 Å². The second-order valence-electron chi connectivity index (χ2n) is 2.26. The molecular weight excluding hydrogens is 155 g/mol. The van der Waals surface area contributed by atoms with E-state index in [0.29, 0.717) is 18.8 Å². The van der Waals surface area contributed by atoms with Crippen LogP contribution in [0.3, 0.4) is 0 Å². The normalized spacial score (nSPS) is 9.00. The van der Waals surface area contributed by atoms with E-state index in [2.05, 4.69) is 5.92 Å². The van der Waals surface area contributed by atoms with E-state index in [1.807, 2.05) is 0 Å². The van der Waals surface area contributed by atoms with Gasteiger partial charge in [0.2, 0.25) is 0 Å². The molecule has 0 saturated heterocycles. The second kappa shape index (κ2) is 4.40. The Kier molecular flexibility index (Phi) is 3.16. The van der Waals surface area contributed by atoms with Crippen molar-refractivity contribution in [2.24, 2.45) is 0 Å². The monoisotopic (exact) mass is 164 g/mol.